The molecule has 4 nitrogen and oxygen atoms in total. The number of aryl methyl sites for hydroxylation is 1. The Bertz CT molecular complexity index is 816. The Hall–Kier alpha value is -2.88. The van der Waals surface area contributed by atoms with Crippen molar-refractivity contribution in [3.63, 3.8) is 0 Å². The molecule has 26 heavy (non-hydrogen) atoms. The predicted octanol–water partition coefficient (Wildman–Crippen LogP) is 3.67. The second-order valence-corrected chi connectivity index (χ2v) is 6.93. The molecule has 0 bridgehead atoms. The van der Waals surface area contributed by atoms with Gasteiger partial charge in [0.05, 0.1) is 6.33 Å². The van der Waals surface area contributed by atoms with Crippen LogP contribution < -0.4 is 0 Å². The first-order valence-corrected chi connectivity index (χ1v) is 9.15. The van der Waals surface area contributed by atoms with Gasteiger partial charge in [0.1, 0.15) is 0 Å². The first kappa shape index (κ1) is 16.6. The van der Waals surface area contributed by atoms with Crippen molar-refractivity contribution in [2.24, 2.45) is 5.92 Å². The van der Waals surface area contributed by atoms with E-state index in [-0.39, 0.29) is 11.8 Å². The largest absolute Gasteiger partial charge is 0.335 e. The number of benzene rings is 2. The predicted molar refractivity (Wildman–Crippen MR) is 101 cm³/mol. The Balaban J connectivity index is 1.54. The van der Waals surface area contributed by atoms with Crippen molar-refractivity contribution in [3.05, 3.63) is 90.0 Å². The number of rotatable bonds is 5. The Morgan fingerprint density at radius 3 is 2.23 bits per heavy atom. The summed E-state index contributed by atoms with van der Waals surface area (Å²) in [5, 5.41) is 0. The van der Waals surface area contributed by atoms with Gasteiger partial charge in [-0.25, -0.2) is 4.98 Å². The summed E-state index contributed by atoms with van der Waals surface area (Å²) < 4.78 is 2.16. The molecule has 0 fully saturated rings. The standard InChI is InChI=1S/C22H23N3O/c26-22(20-11-12-24-17-23-14-21(24)13-20)25(15-18-7-3-1-4-8-18)16-19-9-5-2-6-10-19/h1-10,14,17,20H,11-13,15-16H2. The number of amides is 1. The van der Waals surface area contributed by atoms with E-state index in [0.29, 0.717) is 13.1 Å². The number of hydrogen-bond acceptors (Lipinski definition) is 2. The van der Waals surface area contributed by atoms with Crippen LogP contribution in [0.15, 0.2) is 73.2 Å². The van der Waals surface area contributed by atoms with Gasteiger partial charge in [-0.05, 0) is 17.5 Å². The summed E-state index contributed by atoms with van der Waals surface area (Å²) in [6.07, 6.45) is 5.40. The van der Waals surface area contributed by atoms with Gasteiger partial charge in [-0.15, -0.1) is 0 Å². The molecule has 0 aliphatic carbocycles. The highest BCUT2D eigenvalue weighted by molar-refractivity contribution is 5.79. The van der Waals surface area contributed by atoms with Gasteiger partial charge in [-0.2, -0.15) is 0 Å². The van der Waals surface area contributed by atoms with E-state index in [0.717, 1.165) is 36.2 Å². The van der Waals surface area contributed by atoms with Gasteiger partial charge in [0, 0.05) is 43.9 Å². The van der Waals surface area contributed by atoms with Gasteiger partial charge in [-0.3, -0.25) is 4.79 Å². The minimum absolute atomic E-state index is 0.0339. The van der Waals surface area contributed by atoms with Gasteiger partial charge < -0.3 is 9.47 Å². The minimum atomic E-state index is 0.0339. The highest BCUT2D eigenvalue weighted by Gasteiger charge is 2.28. The zero-order chi connectivity index (χ0) is 17.8. The van der Waals surface area contributed by atoms with Gasteiger partial charge in [0.25, 0.3) is 0 Å². The van der Waals surface area contributed by atoms with Crippen LogP contribution in [0.1, 0.15) is 23.2 Å². The summed E-state index contributed by atoms with van der Waals surface area (Å²) in [4.78, 5) is 19.6. The molecule has 0 spiro atoms. The normalized spacial score (nSPS) is 16.1. The van der Waals surface area contributed by atoms with Crippen LogP contribution >= 0.6 is 0 Å². The molecule has 0 saturated heterocycles. The molecular weight excluding hydrogens is 322 g/mol. The maximum atomic E-state index is 13.3. The van der Waals surface area contributed by atoms with E-state index in [4.69, 9.17) is 0 Å². The number of imidazole rings is 1. The highest BCUT2D eigenvalue weighted by atomic mass is 16.2. The number of hydrogen-bond donors (Lipinski definition) is 0. The second-order valence-electron chi connectivity index (χ2n) is 6.93. The molecule has 0 N–H and O–H groups in total. The molecule has 1 aromatic heterocycles. The molecule has 1 unspecified atom stereocenters. The lowest BCUT2D eigenvalue weighted by Gasteiger charge is -2.30. The zero-order valence-corrected chi connectivity index (χ0v) is 14.8. The molecule has 2 heterocycles. The van der Waals surface area contributed by atoms with E-state index in [1.165, 1.54) is 0 Å². The monoisotopic (exact) mass is 345 g/mol. The van der Waals surface area contributed by atoms with Crippen LogP contribution in [0.5, 0.6) is 0 Å². The molecule has 1 amide bonds. The van der Waals surface area contributed by atoms with E-state index >= 15 is 0 Å². The lowest BCUT2D eigenvalue weighted by atomic mass is 9.94. The number of aromatic nitrogens is 2. The van der Waals surface area contributed by atoms with E-state index in [1.54, 1.807) is 0 Å². The second kappa shape index (κ2) is 7.56. The molecule has 132 valence electrons. The van der Waals surface area contributed by atoms with E-state index < -0.39 is 0 Å². The van der Waals surface area contributed by atoms with E-state index in [1.807, 2.05) is 53.8 Å². The average Bonchev–Trinajstić information content (AvgIpc) is 3.16. The molecule has 1 aliphatic heterocycles. The molecule has 3 aromatic rings. The lowest BCUT2D eigenvalue weighted by molar-refractivity contribution is -0.137. The molecule has 1 aliphatic rings. The lowest BCUT2D eigenvalue weighted by Crippen LogP contribution is -2.38. The Morgan fingerprint density at radius 2 is 1.62 bits per heavy atom. The number of nitrogens with zero attached hydrogens (tertiary/aromatic N) is 3. The van der Waals surface area contributed by atoms with Crippen molar-refractivity contribution in [1.29, 1.82) is 0 Å². The van der Waals surface area contributed by atoms with Crippen LogP contribution in [-0.4, -0.2) is 20.4 Å². The first-order valence-electron chi connectivity index (χ1n) is 9.15. The van der Waals surface area contributed by atoms with Crippen LogP contribution in [0.4, 0.5) is 0 Å². The quantitative estimate of drug-likeness (QED) is 0.707. The van der Waals surface area contributed by atoms with Crippen LogP contribution in [0, 0.1) is 5.92 Å². The fraction of sp³-hybridized carbons (Fsp3) is 0.273. The molecular formula is C22H23N3O. The first-order chi connectivity index (χ1) is 12.8. The SMILES string of the molecule is O=C(C1CCn2cncc2C1)N(Cc1ccccc1)Cc1ccccc1. The molecule has 1 atom stereocenters. The number of carbonyl (C=O) groups excluding carboxylic acids is 1. The Morgan fingerprint density at radius 1 is 1.00 bits per heavy atom. The Kier molecular flexibility index (Phi) is 4.82. The third kappa shape index (κ3) is 3.69. The van der Waals surface area contributed by atoms with Crippen LogP contribution in [-0.2, 0) is 30.8 Å². The fourth-order valence-electron chi connectivity index (χ4n) is 3.66. The van der Waals surface area contributed by atoms with Crippen molar-refractivity contribution in [3.8, 4) is 0 Å². The highest BCUT2D eigenvalue weighted by Crippen LogP contribution is 2.24. The number of carbonyl (C=O) groups is 1. The third-order valence-electron chi connectivity index (χ3n) is 5.07. The zero-order valence-electron chi connectivity index (χ0n) is 14.8. The summed E-state index contributed by atoms with van der Waals surface area (Å²) >= 11 is 0. The maximum absolute atomic E-state index is 13.3. The maximum Gasteiger partial charge on any atom is 0.226 e. The summed E-state index contributed by atoms with van der Waals surface area (Å²) in [7, 11) is 0. The van der Waals surface area contributed by atoms with E-state index in [2.05, 4.69) is 33.8 Å². The van der Waals surface area contributed by atoms with Gasteiger partial charge in [0.2, 0.25) is 5.91 Å². The van der Waals surface area contributed by atoms with Gasteiger partial charge in [0.15, 0.2) is 0 Å². The van der Waals surface area contributed by atoms with Crippen molar-refractivity contribution in [1.82, 2.24) is 14.5 Å². The van der Waals surface area contributed by atoms with Crippen molar-refractivity contribution < 1.29 is 4.79 Å². The van der Waals surface area contributed by atoms with Crippen molar-refractivity contribution >= 4 is 5.91 Å². The smallest absolute Gasteiger partial charge is 0.226 e. The average molecular weight is 345 g/mol. The molecule has 4 heteroatoms. The van der Waals surface area contributed by atoms with E-state index in [9.17, 15) is 4.79 Å². The minimum Gasteiger partial charge on any atom is -0.335 e. The topological polar surface area (TPSA) is 38.1 Å². The molecule has 2 aromatic carbocycles. The van der Waals surface area contributed by atoms with Crippen LogP contribution in [0.2, 0.25) is 0 Å². The van der Waals surface area contributed by atoms with Crippen LogP contribution in [0.3, 0.4) is 0 Å². The number of fused-ring (bicyclic) bond motifs is 1. The Labute approximate surface area is 154 Å². The third-order valence-corrected chi connectivity index (χ3v) is 5.07. The molecule has 4 rings (SSSR count). The fourth-order valence-corrected chi connectivity index (χ4v) is 3.66. The summed E-state index contributed by atoms with van der Waals surface area (Å²) in [6, 6.07) is 20.5. The van der Waals surface area contributed by atoms with Crippen LogP contribution in [0.25, 0.3) is 0 Å². The van der Waals surface area contributed by atoms with Crippen molar-refractivity contribution in [2.45, 2.75) is 32.5 Å². The van der Waals surface area contributed by atoms with Gasteiger partial charge in [-0.1, -0.05) is 60.7 Å². The van der Waals surface area contributed by atoms with Crippen molar-refractivity contribution in [2.75, 3.05) is 0 Å². The molecule has 0 saturated carbocycles. The summed E-state index contributed by atoms with van der Waals surface area (Å²) in [5.74, 6) is 0.275. The molecule has 0 radical (unpaired) electrons. The van der Waals surface area contributed by atoms with Gasteiger partial charge >= 0.3 is 0 Å². The summed E-state index contributed by atoms with van der Waals surface area (Å²) in [6.45, 7) is 2.16. The summed E-state index contributed by atoms with van der Waals surface area (Å²) in [5.41, 5.74) is 3.49.